The molecule has 0 amide bonds. The van der Waals surface area contributed by atoms with Gasteiger partial charge in [0.05, 0.1) is 12.2 Å². The first-order valence-corrected chi connectivity index (χ1v) is 9.72. The Morgan fingerprint density at radius 2 is 1.11 bits per heavy atom. The second-order valence-corrected chi connectivity index (χ2v) is 6.43. The minimum absolute atomic E-state index is 0.0670. The van der Waals surface area contributed by atoms with E-state index in [9.17, 15) is 0 Å². The lowest BCUT2D eigenvalue weighted by Crippen LogP contribution is -2.39. The van der Waals surface area contributed by atoms with Crippen molar-refractivity contribution >= 4 is 11.4 Å². The smallest absolute Gasteiger partial charge is 0.0937 e. The summed E-state index contributed by atoms with van der Waals surface area (Å²) in [4.78, 5) is 4.61. The van der Waals surface area contributed by atoms with E-state index in [-0.39, 0.29) is 12.2 Å². The van der Waals surface area contributed by atoms with Gasteiger partial charge in [-0.1, -0.05) is 48.6 Å². The molecule has 3 nitrogen and oxygen atoms in total. The summed E-state index contributed by atoms with van der Waals surface area (Å²) in [5, 5.41) is 0. The molecule has 144 valence electrons. The Morgan fingerprint density at radius 1 is 0.741 bits per heavy atom. The van der Waals surface area contributed by atoms with Crippen molar-refractivity contribution in [3.63, 3.8) is 0 Å². The summed E-state index contributed by atoms with van der Waals surface area (Å²) in [5.74, 6) is 0. The SMILES string of the molecule is C=CC(CN(CC)c1ccccc1)OC(C=C)CN(CC)c1ccccc1. The van der Waals surface area contributed by atoms with Crippen LogP contribution in [0.4, 0.5) is 11.4 Å². The van der Waals surface area contributed by atoms with E-state index in [1.165, 1.54) is 11.4 Å². The van der Waals surface area contributed by atoms with Crippen LogP contribution in [0.2, 0.25) is 0 Å². The average molecular weight is 365 g/mol. The topological polar surface area (TPSA) is 15.7 Å². The Bertz CT molecular complexity index is 612. The van der Waals surface area contributed by atoms with Crippen LogP contribution in [0.1, 0.15) is 13.8 Å². The molecule has 0 radical (unpaired) electrons. The maximum atomic E-state index is 6.34. The molecule has 0 fully saturated rings. The Balaban J connectivity index is 2.01. The van der Waals surface area contributed by atoms with Crippen molar-refractivity contribution in [2.75, 3.05) is 36.0 Å². The summed E-state index contributed by atoms with van der Waals surface area (Å²) < 4.78 is 6.34. The van der Waals surface area contributed by atoms with Crippen LogP contribution in [0.25, 0.3) is 0 Å². The van der Waals surface area contributed by atoms with Gasteiger partial charge in [0.2, 0.25) is 0 Å². The highest BCUT2D eigenvalue weighted by Gasteiger charge is 2.18. The lowest BCUT2D eigenvalue weighted by atomic mass is 10.2. The molecule has 0 spiro atoms. The third-order valence-electron chi connectivity index (χ3n) is 4.68. The van der Waals surface area contributed by atoms with E-state index in [4.69, 9.17) is 4.74 Å². The van der Waals surface area contributed by atoms with Crippen molar-refractivity contribution in [2.45, 2.75) is 26.1 Å². The van der Waals surface area contributed by atoms with E-state index in [1.54, 1.807) is 0 Å². The van der Waals surface area contributed by atoms with Gasteiger partial charge >= 0.3 is 0 Å². The second-order valence-electron chi connectivity index (χ2n) is 6.43. The lowest BCUT2D eigenvalue weighted by molar-refractivity contribution is 0.0497. The predicted molar refractivity (Wildman–Crippen MR) is 118 cm³/mol. The van der Waals surface area contributed by atoms with Crippen LogP contribution in [0.5, 0.6) is 0 Å². The zero-order valence-electron chi connectivity index (χ0n) is 16.6. The molecule has 0 aliphatic rings. The van der Waals surface area contributed by atoms with Crippen LogP contribution in [-0.2, 0) is 4.74 Å². The van der Waals surface area contributed by atoms with Crippen LogP contribution >= 0.6 is 0 Å². The van der Waals surface area contributed by atoms with E-state index >= 15 is 0 Å². The van der Waals surface area contributed by atoms with Gasteiger partial charge in [-0.15, -0.1) is 13.2 Å². The Kier molecular flexibility index (Phi) is 8.66. The molecule has 2 atom stereocenters. The van der Waals surface area contributed by atoms with Crippen molar-refractivity contribution < 1.29 is 4.74 Å². The molecule has 2 rings (SSSR count). The third kappa shape index (κ3) is 6.30. The van der Waals surface area contributed by atoms with Crippen molar-refractivity contribution in [1.29, 1.82) is 0 Å². The van der Waals surface area contributed by atoms with Crippen molar-refractivity contribution in [1.82, 2.24) is 0 Å². The summed E-state index contributed by atoms with van der Waals surface area (Å²) in [5.41, 5.74) is 2.40. The molecule has 0 aromatic heterocycles. The van der Waals surface area contributed by atoms with E-state index in [0.717, 1.165) is 26.2 Å². The Morgan fingerprint density at radius 3 is 1.41 bits per heavy atom. The molecule has 3 heteroatoms. The fourth-order valence-electron chi connectivity index (χ4n) is 3.12. The molecule has 2 unspecified atom stereocenters. The van der Waals surface area contributed by atoms with Crippen molar-refractivity contribution in [3.8, 4) is 0 Å². The average Bonchev–Trinajstić information content (AvgIpc) is 2.74. The van der Waals surface area contributed by atoms with Gasteiger partial charge in [-0.05, 0) is 38.1 Å². The predicted octanol–water partition coefficient (Wildman–Crippen LogP) is 5.17. The van der Waals surface area contributed by atoms with Crippen LogP contribution < -0.4 is 9.80 Å². The van der Waals surface area contributed by atoms with E-state index in [2.05, 4.69) is 85.3 Å². The van der Waals surface area contributed by atoms with E-state index in [1.807, 2.05) is 24.3 Å². The number of hydrogen-bond donors (Lipinski definition) is 0. The maximum absolute atomic E-state index is 6.34. The van der Waals surface area contributed by atoms with Crippen molar-refractivity contribution in [3.05, 3.63) is 86.0 Å². The molecule has 0 N–H and O–H groups in total. The number of hydrogen-bond acceptors (Lipinski definition) is 3. The van der Waals surface area contributed by atoms with Crippen LogP contribution in [0.3, 0.4) is 0 Å². The van der Waals surface area contributed by atoms with Crippen molar-refractivity contribution in [2.24, 2.45) is 0 Å². The molecule has 2 aromatic carbocycles. The number of nitrogens with zero attached hydrogens (tertiary/aromatic N) is 2. The van der Waals surface area contributed by atoms with Gasteiger partial charge in [0.15, 0.2) is 0 Å². The van der Waals surface area contributed by atoms with Gasteiger partial charge in [0.1, 0.15) is 0 Å². The molecular formula is C24H32N2O. The molecule has 0 aliphatic heterocycles. The standard InChI is InChI=1S/C24H32N2O/c1-5-23(19-25(7-3)21-15-11-9-12-16-21)27-24(6-2)20-26(8-4)22-17-13-10-14-18-22/h5-6,9-18,23-24H,1-2,7-8,19-20H2,3-4H3. The third-order valence-corrected chi connectivity index (χ3v) is 4.68. The first-order valence-electron chi connectivity index (χ1n) is 9.72. The summed E-state index contributed by atoms with van der Waals surface area (Å²) in [6.07, 6.45) is 3.65. The summed E-state index contributed by atoms with van der Waals surface area (Å²) in [7, 11) is 0. The number of para-hydroxylation sites is 2. The zero-order chi connectivity index (χ0) is 19.5. The number of rotatable bonds is 12. The Labute approximate surface area is 164 Å². The monoisotopic (exact) mass is 364 g/mol. The van der Waals surface area contributed by atoms with Gasteiger partial charge < -0.3 is 14.5 Å². The molecule has 0 aliphatic carbocycles. The second kappa shape index (κ2) is 11.2. The van der Waals surface area contributed by atoms with Gasteiger partial charge in [-0.25, -0.2) is 0 Å². The van der Waals surface area contributed by atoms with E-state index < -0.39 is 0 Å². The minimum Gasteiger partial charge on any atom is -0.369 e. The van der Waals surface area contributed by atoms with Gasteiger partial charge in [0, 0.05) is 37.6 Å². The molecule has 2 aromatic rings. The fourth-order valence-corrected chi connectivity index (χ4v) is 3.12. The highest BCUT2D eigenvalue weighted by Crippen LogP contribution is 2.17. The van der Waals surface area contributed by atoms with Gasteiger partial charge in [-0.2, -0.15) is 0 Å². The molecule has 27 heavy (non-hydrogen) atoms. The van der Waals surface area contributed by atoms with Gasteiger partial charge in [0.25, 0.3) is 0 Å². The maximum Gasteiger partial charge on any atom is 0.0937 e. The highest BCUT2D eigenvalue weighted by molar-refractivity contribution is 5.47. The largest absolute Gasteiger partial charge is 0.369 e. The number of anilines is 2. The molecule has 0 heterocycles. The lowest BCUT2D eigenvalue weighted by Gasteiger charge is -2.31. The number of benzene rings is 2. The molecule has 0 saturated carbocycles. The Hall–Kier alpha value is -2.52. The highest BCUT2D eigenvalue weighted by atomic mass is 16.5. The number of ether oxygens (including phenoxy) is 1. The van der Waals surface area contributed by atoms with Crippen LogP contribution in [-0.4, -0.2) is 38.4 Å². The molecular weight excluding hydrogens is 332 g/mol. The molecule has 0 saturated heterocycles. The summed E-state index contributed by atoms with van der Waals surface area (Å²) >= 11 is 0. The number of likely N-dealkylation sites (N-methyl/N-ethyl adjacent to an activating group) is 2. The van der Waals surface area contributed by atoms with Gasteiger partial charge in [-0.3, -0.25) is 0 Å². The van der Waals surface area contributed by atoms with Crippen LogP contribution in [0, 0.1) is 0 Å². The molecule has 0 bridgehead atoms. The van der Waals surface area contributed by atoms with E-state index in [0.29, 0.717) is 0 Å². The normalized spacial score (nSPS) is 12.8. The first kappa shape index (κ1) is 20.8. The summed E-state index contributed by atoms with van der Waals surface area (Å²) in [6, 6.07) is 20.8. The zero-order valence-corrected chi connectivity index (χ0v) is 16.6. The minimum atomic E-state index is -0.0670. The summed E-state index contributed by atoms with van der Waals surface area (Å²) in [6.45, 7) is 15.7. The van der Waals surface area contributed by atoms with Crippen LogP contribution in [0.15, 0.2) is 86.0 Å². The quantitative estimate of drug-likeness (QED) is 0.484. The first-order chi connectivity index (χ1) is 13.2. The fraction of sp³-hybridized carbons (Fsp3) is 0.333.